The Morgan fingerprint density at radius 1 is 1.33 bits per heavy atom. The number of hydrazone groups is 1. The molecule has 0 aromatic heterocycles. The molecule has 0 spiro atoms. The van der Waals surface area contributed by atoms with Gasteiger partial charge in [-0.25, -0.2) is 4.39 Å². The van der Waals surface area contributed by atoms with E-state index in [1.54, 1.807) is 37.3 Å². The van der Waals surface area contributed by atoms with Crippen LogP contribution >= 0.6 is 0 Å². The van der Waals surface area contributed by atoms with Gasteiger partial charge in [0.25, 0.3) is 0 Å². The van der Waals surface area contributed by atoms with E-state index in [0.717, 1.165) is 0 Å². The van der Waals surface area contributed by atoms with Gasteiger partial charge in [0.05, 0.1) is 6.21 Å². The molecule has 1 rings (SSSR count). The molecule has 0 aliphatic rings. The van der Waals surface area contributed by atoms with Gasteiger partial charge in [0.15, 0.2) is 0 Å². The molecule has 0 saturated heterocycles. The van der Waals surface area contributed by atoms with Crippen LogP contribution in [0.2, 0.25) is 0 Å². The van der Waals surface area contributed by atoms with Gasteiger partial charge in [0.1, 0.15) is 5.82 Å². The van der Waals surface area contributed by atoms with Gasteiger partial charge in [-0.05, 0) is 6.07 Å². The average molecular weight is 166 g/mol. The molecule has 0 bridgehead atoms. The first-order valence-corrected chi connectivity index (χ1v) is 3.66. The highest BCUT2D eigenvalue weighted by atomic mass is 19.1. The van der Waals surface area contributed by atoms with Gasteiger partial charge >= 0.3 is 0 Å². The van der Waals surface area contributed by atoms with Crippen LogP contribution in [0.3, 0.4) is 0 Å². The molecule has 0 aliphatic heterocycles. The fourth-order valence-electron chi connectivity index (χ4n) is 0.757. The second-order valence-corrected chi connectivity index (χ2v) is 2.61. The van der Waals surface area contributed by atoms with Crippen LogP contribution in [0.4, 0.5) is 4.39 Å². The van der Waals surface area contributed by atoms with Crippen LogP contribution in [0.1, 0.15) is 5.56 Å². The summed E-state index contributed by atoms with van der Waals surface area (Å²) in [6.45, 7) is 0. The van der Waals surface area contributed by atoms with Crippen molar-refractivity contribution in [3.63, 3.8) is 0 Å². The Kier molecular flexibility index (Phi) is 2.80. The van der Waals surface area contributed by atoms with E-state index in [1.807, 2.05) is 0 Å². The molecule has 0 radical (unpaired) electrons. The van der Waals surface area contributed by atoms with Crippen LogP contribution in [0, 0.1) is 5.82 Å². The lowest BCUT2D eigenvalue weighted by Crippen LogP contribution is -2.02. The third-order valence-electron chi connectivity index (χ3n) is 1.33. The van der Waals surface area contributed by atoms with Gasteiger partial charge in [-0.15, -0.1) is 0 Å². The van der Waals surface area contributed by atoms with Crippen LogP contribution in [0.5, 0.6) is 0 Å². The topological polar surface area (TPSA) is 15.6 Å². The Bertz CT molecular complexity index is 282. The van der Waals surface area contributed by atoms with Gasteiger partial charge < -0.3 is 5.01 Å². The smallest absolute Gasteiger partial charge is 0.132 e. The first-order valence-electron chi connectivity index (χ1n) is 3.66. The highest BCUT2D eigenvalue weighted by molar-refractivity contribution is 5.79. The van der Waals surface area contributed by atoms with Gasteiger partial charge in [0, 0.05) is 19.7 Å². The highest BCUT2D eigenvalue weighted by Crippen LogP contribution is 2.02. The number of hydrogen-bond acceptors (Lipinski definition) is 2. The van der Waals surface area contributed by atoms with Crippen molar-refractivity contribution in [2.75, 3.05) is 14.1 Å². The normalized spacial score (nSPS) is 10.6. The number of rotatable bonds is 2. The van der Waals surface area contributed by atoms with Crippen molar-refractivity contribution in [1.82, 2.24) is 5.01 Å². The first-order chi connectivity index (χ1) is 5.70. The van der Waals surface area contributed by atoms with Crippen LogP contribution in [0.15, 0.2) is 29.4 Å². The zero-order valence-corrected chi connectivity index (χ0v) is 7.16. The standard InChI is InChI=1S/C9H11FN2/c1-12(2)11-7-8-5-3-4-6-9(8)10/h3-7H,1-2H3. The Hall–Kier alpha value is -1.38. The molecule has 0 aliphatic carbocycles. The second-order valence-electron chi connectivity index (χ2n) is 2.61. The summed E-state index contributed by atoms with van der Waals surface area (Å²) in [4.78, 5) is 0. The zero-order valence-electron chi connectivity index (χ0n) is 7.16. The lowest BCUT2D eigenvalue weighted by atomic mass is 10.2. The largest absolute Gasteiger partial charge is 0.303 e. The maximum atomic E-state index is 12.9. The van der Waals surface area contributed by atoms with Crippen molar-refractivity contribution in [2.24, 2.45) is 5.10 Å². The molecule has 0 amide bonds. The molecule has 12 heavy (non-hydrogen) atoms. The molecule has 0 heterocycles. The summed E-state index contributed by atoms with van der Waals surface area (Å²) in [7, 11) is 3.58. The summed E-state index contributed by atoms with van der Waals surface area (Å²) in [6, 6.07) is 6.53. The zero-order chi connectivity index (χ0) is 8.97. The van der Waals surface area contributed by atoms with E-state index in [0.29, 0.717) is 5.56 Å². The lowest BCUT2D eigenvalue weighted by molar-refractivity contribution is 0.440. The van der Waals surface area contributed by atoms with Gasteiger partial charge in [0.2, 0.25) is 0 Å². The minimum Gasteiger partial charge on any atom is -0.303 e. The summed E-state index contributed by atoms with van der Waals surface area (Å²) in [5.41, 5.74) is 0.506. The molecule has 1 aromatic rings. The van der Waals surface area contributed by atoms with Crippen molar-refractivity contribution >= 4 is 6.21 Å². The quantitative estimate of drug-likeness (QED) is 0.482. The van der Waals surface area contributed by atoms with Crippen LogP contribution < -0.4 is 0 Å². The Morgan fingerprint density at radius 2 is 2.00 bits per heavy atom. The fourth-order valence-corrected chi connectivity index (χ4v) is 0.757. The molecule has 64 valence electrons. The van der Waals surface area contributed by atoms with E-state index in [4.69, 9.17) is 0 Å². The summed E-state index contributed by atoms with van der Waals surface area (Å²) in [6.07, 6.45) is 1.50. The summed E-state index contributed by atoms with van der Waals surface area (Å²) >= 11 is 0. The summed E-state index contributed by atoms with van der Waals surface area (Å²) < 4.78 is 12.9. The van der Waals surface area contributed by atoms with Crippen LogP contribution in [0.25, 0.3) is 0 Å². The van der Waals surface area contributed by atoms with E-state index in [1.165, 1.54) is 12.3 Å². The van der Waals surface area contributed by atoms with E-state index in [2.05, 4.69) is 5.10 Å². The SMILES string of the molecule is CN(C)N=Cc1ccccc1F. The highest BCUT2D eigenvalue weighted by Gasteiger charge is 1.94. The Labute approximate surface area is 71.3 Å². The number of halogens is 1. The minimum atomic E-state index is -0.247. The van der Waals surface area contributed by atoms with Crippen molar-refractivity contribution in [3.05, 3.63) is 35.6 Å². The monoisotopic (exact) mass is 166 g/mol. The second kappa shape index (κ2) is 3.85. The molecule has 0 saturated carbocycles. The summed E-state index contributed by atoms with van der Waals surface area (Å²) in [5.74, 6) is -0.247. The van der Waals surface area contributed by atoms with Crippen molar-refractivity contribution < 1.29 is 4.39 Å². The Morgan fingerprint density at radius 3 is 2.58 bits per heavy atom. The van der Waals surface area contributed by atoms with Crippen molar-refractivity contribution in [3.8, 4) is 0 Å². The lowest BCUT2D eigenvalue weighted by Gasteiger charge is -2.02. The Balaban J connectivity index is 2.82. The number of hydrogen-bond donors (Lipinski definition) is 0. The van der Waals surface area contributed by atoms with E-state index in [-0.39, 0.29) is 5.82 Å². The molecule has 0 fully saturated rings. The summed E-state index contributed by atoms with van der Waals surface area (Å²) in [5, 5.41) is 5.54. The van der Waals surface area contributed by atoms with E-state index >= 15 is 0 Å². The molecule has 2 nitrogen and oxygen atoms in total. The molecule has 0 unspecified atom stereocenters. The molecule has 0 atom stereocenters. The molecule has 0 N–H and O–H groups in total. The van der Waals surface area contributed by atoms with Gasteiger partial charge in [-0.2, -0.15) is 5.10 Å². The third kappa shape index (κ3) is 2.34. The molecular weight excluding hydrogens is 155 g/mol. The molecule has 3 heteroatoms. The van der Waals surface area contributed by atoms with Gasteiger partial charge in [-0.1, -0.05) is 18.2 Å². The third-order valence-corrected chi connectivity index (χ3v) is 1.33. The van der Waals surface area contributed by atoms with Gasteiger partial charge in [-0.3, -0.25) is 0 Å². The van der Waals surface area contributed by atoms with E-state index < -0.39 is 0 Å². The van der Waals surface area contributed by atoms with Crippen LogP contribution in [-0.4, -0.2) is 25.3 Å². The molecular formula is C9H11FN2. The first kappa shape index (κ1) is 8.71. The average Bonchev–Trinajstić information content (AvgIpc) is 2.03. The predicted molar refractivity (Wildman–Crippen MR) is 47.7 cm³/mol. The van der Waals surface area contributed by atoms with Crippen molar-refractivity contribution in [2.45, 2.75) is 0 Å². The minimum absolute atomic E-state index is 0.247. The van der Waals surface area contributed by atoms with E-state index in [9.17, 15) is 4.39 Å². The fraction of sp³-hybridized carbons (Fsp3) is 0.222. The van der Waals surface area contributed by atoms with Crippen molar-refractivity contribution in [1.29, 1.82) is 0 Å². The number of benzene rings is 1. The number of nitrogens with zero attached hydrogens (tertiary/aromatic N) is 2. The predicted octanol–water partition coefficient (Wildman–Crippen LogP) is 1.72. The maximum absolute atomic E-state index is 12.9. The maximum Gasteiger partial charge on any atom is 0.132 e. The molecule has 1 aromatic carbocycles. The van der Waals surface area contributed by atoms with Crippen LogP contribution in [-0.2, 0) is 0 Å².